The summed E-state index contributed by atoms with van der Waals surface area (Å²) in [4.78, 5) is 24.4. The molecule has 1 saturated heterocycles. The third-order valence-corrected chi connectivity index (χ3v) is 3.62. The lowest BCUT2D eigenvalue weighted by molar-refractivity contribution is -0.139. The topological polar surface area (TPSA) is 78.9 Å². The van der Waals surface area contributed by atoms with Crippen molar-refractivity contribution in [2.24, 2.45) is 0 Å². The lowest BCUT2D eigenvalue weighted by Crippen LogP contribution is -2.49. The predicted octanol–water partition coefficient (Wildman–Crippen LogP) is 0.857. The third kappa shape index (κ3) is 5.88. The molecule has 0 aromatic rings. The average Bonchev–Trinajstić information content (AvgIpc) is 2.44. The van der Waals surface area contributed by atoms with Gasteiger partial charge in [-0.05, 0) is 26.2 Å². The summed E-state index contributed by atoms with van der Waals surface area (Å²) in [6.07, 6.45) is 2.82. The van der Waals surface area contributed by atoms with Crippen molar-refractivity contribution in [1.82, 2.24) is 10.2 Å². The molecule has 0 aromatic carbocycles. The molecular formula is C14H26N2O4. The molecule has 0 aliphatic carbocycles. The predicted molar refractivity (Wildman–Crippen MR) is 75.6 cm³/mol. The van der Waals surface area contributed by atoms with Crippen molar-refractivity contribution in [1.29, 1.82) is 0 Å². The number of carbonyl (C=O) groups is 2. The van der Waals surface area contributed by atoms with E-state index in [-0.39, 0.29) is 31.1 Å². The van der Waals surface area contributed by atoms with Gasteiger partial charge in [0.1, 0.15) is 0 Å². The Morgan fingerprint density at radius 2 is 2.05 bits per heavy atom. The first-order chi connectivity index (χ1) is 9.54. The van der Waals surface area contributed by atoms with Crippen molar-refractivity contribution in [2.45, 2.75) is 51.7 Å². The highest BCUT2D eigenvalue weighted by Crippen LogP contribution is 2.16. The zero-order valence-corrected chi connectivity index (χ0v) is 12.4. The van der Waals surface area contributed by atoms with Gasteiger partial charge in [-0.3, -0.25) is 14.5 Å². The first-order valence-corrected chi connectivity index (χ1v) is 7.39. The molecule has 0 saturated carbocycles. The van der Waals surface area contributed by atoms with Crippen LogP contribution in [-0.4, -0.2) is 60.3 Å². The quantitative estimate of drug-likeness (QED) is 0.692. The highest BCUT2D eigenvalue weighted by atomic mass is 16.5. The lowest BCUT2D eigenvalue weighted by atomic mass is 10.1. The van der Waals surface area contributed by atoms with Crippen molar-refractivity contribution in [3.8, 4) is 0 Å². The molecule has 1 heterocycles. The van der Waals surface area contributed by atoms with Gasteiger partial charge in [-0.2, -0.15) is 0 Å². The highest BCUT2D eigenvalue weighted by molar-refractivity contribution is 5.81. The number of carboxylic acids is 1. The fourth-order valence-electron chi connectivity index (χ4n) is 2.30. The average molecular weight is 286 g/mol. The number of ether oxygens (including phenoxy) is 1. The Morgan fingerprint density at radius 1 is 1.40 bits per heavy atom. The Labute approximate surface area is 120 Å². The van der Waals surface area contributed by atoms with Gasteiger partial charge in [-0.25, -0.2) is 0 Å². The van der Waals surface area contributed by atoms with Crippen molar-refractivity contribution in [3.05, 3.63) is 0 Å². The van der Waals surface area contributed by atoms with Crippen LogP contribution in [-0.2, 0) is 14.3 Å². The van der Waals surface area contributed by atoms with Crippen molar-refractivity contribution in [3.63, 3.8) is 0 Å². The number of likely N-dealkylation sites (tertiary alicyclic amines) is 1. The molecule has 0 spiro atoms. The van der Waals surface area contributed by atoms with Gasteiger partial charge in [0.25, 0.3) is 0 Å². The summed E-state index contributed by atoms with van der Waals surface area (Å²) >= 11 is 0. The number of nitrogens with one attached hydrogen (secondary N) is 1. The minimum absolute atomic E-state index is 0.0516. The number of hydrogen-bond donors (Lipinski definition) is 2. The molecule has 20 heavy (non-hydrogen) atoms. The van der Waals surface area contributed by atoms with Gasteiger partial charge in [0.15, 0.2) is 0 Å². The largest absolute Gasteiger partial charge is 0.481 e. The molecule has 116 valence electrons. The van der Waals surface area contributed by atoms with E-state index in [1.165, 1.54) is 0 Å². The van der Waals surface area contributed by atoms with E-state index in [9.17, 15) is 9.59 Å². The molecule has 2 N–H and O–H groups in total. The molecule has 1 rings (SSSR count). The van der Waals surface area contributed by atoms with Crippen molar-refractivity contribution in [2.75, 3.05) is 26.2 Å². The number of hydrogen-bond acceptors (Lipinski definition) is 4. The number of aliphatic carboxylic acids is 1. The fraction of sp³-hybridized carbons (Fsp3) is 0.857. The first kappa shape index (κ1) is 16.9. The molecule has 0 aromatic heterocycles. The molecule has 1 atom stereocenters. The molecule has 1 unspecified atom stereocenters. The van der Waals surface area contributed by atoms with Gasteiger partial charge in [-0.1, -0.05) is 6.92 Å². The van der Waals surface area contributed by atoms with Gasteiger partial charge < -0.3 is 15.2 Å². The summed E-state index contributed by atoms with van der Waals surface area (Å²) in [5.41, 5.74) is 0. The van der Waals surface area contributed by atoms with Crippen molar-refractivity contribution >= 4 is 11.9 Å². The molecule has 6 heteroatoms. The fourth-order valence-corrected chi connectivity index (χ4v) is 2.30. The Kier molecular flexibility index (Phi) is 7.54. The van der Waals surface area contributed by atoms with E-state index in [0.29, 0.717) is 0 Å². The maximum Gasteiger partial charge on any atom is 0.305 e. The van der Waals surface area contributed by atoms with Crippen LogP contribution in [0.3, 0.4) is 0 Å². The summed E-state index contributed by atoms with van der Waals surface area (Å²) < 4.78 is 5.54. The summed E-state index contributed by atoms with van der Waals surface area (Å²) in [7, 11) is 0. The zero-order valence-electron chi connectivity index (χ0n) is 12.4. The Balaban J connectivity index is 2.23. The van der Waals surface area contributed by atoms with E-state index in [1.807, 2.05) is 13.8 Å². The Morgan fingerprint density at radius 3 is 2.60 bits per heavy atom. The monoisotopic (exact) mass is 286 g/mol. The lowest BCUT2D eigenvalue weighted by Gasteiger charge is -2.35. The van der Waals surface area contributed by atoms with E-state index >= 15 is 0 Å². The summed E-state index contributed by atoms with van der Waals surface area (Å²) in [6.45, 7) is 6.59. The van der Waals surface area contributed by atoms with Crippen LogP contribution in [0, 0.1) is 0 Å². The molecule has 1 aliphatic heterocycles. The maximum atomic E-state index is 11.9. The van der Waals surface area contributed by atoms with Gasteiger partial charge in [-0.15, -0.1) is 0 Å². The van der Waals surface area contributed by atoms with Gasteiger partial charge >= 0.3 is 5.97 Å². The van der Waals surface area contributed by atoms with E-state index in [0.717, 1.165) is 38.9 Å². The molecule has 6 nitrogen and oxygen atoms in total. The third-order valence-electron chi connectivity index (χ3n) is 3.62. The van der Waals surface area contributed by atoms with Crippen LogP contribution in [0.2, 0.25) is 0 Å². The number of rotatable bonds is 8. The Hall–Kier alpha value is -1.14. The zero-order chi connectivity index (χ0) is 15.0. The smallest absolute Gasteiger partial charge is 0.305 e. The number of piperidine rings is 1. The van der Waals surface area contributed by atoms with Crippen LogP contribution in [0.4, 0.5) is 0 Å². The molecule has 1 aliphatic rings. The number of carboxylic acid groups (broad SMARTS) is 1. The first-order valence-electron chi connectivity index (χ1n) is 7.39. The summed E-state index contributed by atoms with van der Waals surface area (Å²) in [5, 5.41) is 11.5. The van der Waals surface area contributed by atoms with E-state index in [1.54, 1.807) is 0 Å². The molecule has 1 fully saturated rings. The van der Waals surface area contributed by atoms with Crippen LogP contribution in [0.5, 0.6) is 0 Å². The van der Waals surface area contributed by atoms with Gasteiger partial charge in [0.2, 0.25) is 5.91 Å². The van der Waals surface area contributed by atoms with Gasteiger partial charge in [0.05, 0.1) is 25.2 Å². The second-order valence-electron chi connectivity index (χ2n) is 5.22. The van der Waals surface area contributed by atoms with Gasteiger partial charge in [0, 0.05) is 19.6 Å². The second-order valence-corrected chi connectivity index (χ2v) is 5.22. The van der Waals surface area contributed by atoms with Crippen LogP contribution in [0.25, 0.3) is 0 Å². The maximum absolute atomic E-state index is 11.9. The highest BCUT2D eigenvalue weighted by Gasteiger charge is 2.26. The summed E-state index contributed by atoms with van der Waals surface area (Å²) in [6, 6.07) is -0.110. The van der Waals surface area contributed by atoms with E-state index < -0.39 is 5.97 Å². The standard InChI is InChI=1S/C14H26N2O4/c1-3-7-15-14(19)11(2)16-8-4-12(5-9-16)20-10-6-13(17)18/h11-12H,3-10H2,1-2H3,(H,15,19)(H,17,18). The number of carbonyl (C=O) groups excluding carboxylic acids is 1. The molecule has 0 radical (unpaired) electrons. The van der Waals surface area contributed by atoms with E-state index in [4.69, 9.17) is 9.84 Å². The number of amides is 1. The van der Waals surface area contributed by atoms with Crippen molar-refractivity contribution < 1.29 is 19.4 Å². The van der Waals surface area contributed by atoms with Crippen LogP contribution in [0.15, 0.2) is 0 Å². The molecule has 1 amide bonds. The summed E-state index contributed by atoms with van der Waals surface area (Å²) in [5.74, 6) is -0.749. The number of nitrogens with zero attached hydrogens (tertiary/aromatic N) is 1. The minimum atomic E-state index is -0.830. The van der Waals surface area contributed by atoms with Crippen LogP contribution in [0.1, 0.15) is 39.5 Å². The van der Waals surface area contributed by atoms with Crippen LogP contribution < -0.4 is 5.32 Å². The minimum Gasteiger partial charge on any atom is -0.481 e. The normalized spacial score (nSPS) is 18.7. The SMILES string of the molecule is CCCNC(=O)C(C)N1CCC(OCCC(=O)O)CC1. The van der Waals surface area contributed by atoms with E-state index in [2.05, 4.69) is 10.2 Å². The van der Waals surface area contributed by atoms with Crippen LogP contribution >= 0.6 is 0 Å². The molecule has 0 bridgehead atoms. The molecular weight excluding hydrogens is 260 g/mol. The Bertz CT molecular complexity index is 314. The second kappa shape index (κ2) is 8.92.